The maximum atomic E-state index is 11.9. The second-order valence-electron chi connectivity index (χ2n) is 5.12. The van der Waals surface area contributed by atoms with Crippen LogP contribution in [0.1, 0.15) is 27.4 Å². The molecule has 0 aliphatic carbocycles. The molecule has 1 heterocycles. The van der Waals surface area contributed by atoms with Crippen molar-refractivity contribution in [2.45, 2.75) is 19.8 Å². The Hall–Kier alpha value is -2.76. The van der Waals surface area contributed by atoms with E-state index in [-0.39, 0.29) is 11.8 Å². The van der Waals surface area contributed by atoms with E-state index in [0.29, 0.717) is 36.5 Å². The van der Waals surface area contributed by atoms with E-state index in [4.69, 9.17) is 0 Å². The predicted octanol–water partition coefficient (Wildman–Crippen LogP) is 1.05. The fourth-order valence-corrected chi connectivity index (χ4v) is 2.20. The lowest BCUT2D eigenvalue weighted by atomic mass is 10.1. The van der Waals surface area contributed by atoms with Gasteiger partial charge in [-0.05, 0) is 12.5 Å². The first kappa shape index (κ1) is 16.6. The molecule has 120 valence electrons. The SMILES string of the molecule is CNC(=O)c1cnc(C)nc1CCNC(=O)Cc1ccccc1. The highest BCUT2D eigenvalue weighted by atomic mass is 16.2. The molecule has 6 nitrogen and oxygen atoms in total. The smallest absolute Gasteiger partial charge is 0.254 e. The van der Waals surface area contributed by atoms with E-state index >= 15 is 0 Å². The molecule has 0 unspecified atom stereocenters. The molecule has 6 heteroatoms. The summed E-state index contributed by atoms with van der Waals surface area (Å²) in [6.07, 6.45) is 2.33. The second kappa shape index (κ2) is 8.03. The number of benzene rings is 1. The van der Waals surface area contributed by atoms with Crippen molar-refractivity contribution in [3.63, 3.8) is 0 Å². The standard InChI is InChI=1S/C17H20N4O2/c1-12-20-11-14(17(23)18-2)15(21-12)8-9-19-16(22)10-13-6-4-3-5-7-13/h3-7,11H,8-10H2,1-2H3,(H,18,23)(H,19,22). The van der Waals surface area contributed by atoms with Gasteiger partial charge in [0, 0.05) is 26.2 Å². The molecular weight excluding hydrogens is 292 g/mol. The van der Waals surface area contributed by atoms with Gasteiger partial charge < -0.3 is 10.6 Å². The van der Waals surface area contributed by atoms with Gasteiger partial charge >= 0.3 is 0 Å². The largest absolute Gasteiger partial charge is 0.355 e. The van der Waals surface area contributed by atoms with Crippen LogP contribution in [0.15, 0.2) is 36.5 Å². The predicted molar refractivity (Wildman–Crippen MR) is 87.0 cm³/mol. The quantitative estimate of drug-likeness (QED) is 0.835. The van der Waals surface area contributed by atoms with Crippen LogP contribution in [0.2, 0.25) is 0 Å². The molecule has 2 N–H and O–H groups in total. The molecule has 0 fully saturated rings. The van der Waals surface area contributed by atoms with Crippen LogP contribution in [0, 0.1) is 6.92 Å². The van der Waals surface area contributed by atoms with Crippen molar-refractivity contribution in [2.24, 2.45) is 0 Å². The summed E-state index contributed by atoms with van der Waals surface area (Å²) in [6.45, 7) is 2.19. The molecule has 0 atom stereocenters. The topological polar surface area (TPSA) is 84.0 Å². The fraction of sp³-hybridized carbons (Fsp3) is 0.294. The van der Waals surface area contributed by atoms with Crippen molar-refractivity contribution in [1.82, 2.24) is 20.6 Å². The van der Waals surface area contributed by atoms with E-state index < -0.39 is 0 Å². The Morgan fingerprint density at radius 3 is 2.61 bits per heavy atom. The summed E-state index contributed by atoms with van der Waals surface area (Å²) in [6, 6.07) is 9.55. The summed E-state index contributed by atoms with van der Waals surface area (Å²) in [5.74, 6) is 0.322. The molecule has 0 spiro atoms. The highest BCUT2D eigenvalue weighted by Crippen LogP contribution is 2.06. The molecular formula is C17H20N4O2. The molecule has 2 rings (SSSR count). The molecule has 0 aliphatic heterocycles. The van der Waals surface area contributed by atoms with Crippen LogP contribution in [0.3, 0.4) is 0 Å². The van der Waals surface area contributed by atoms with E-state index in [1.165, 1.54) is 6.20 Å². The van der Waals surface area contributed by atoms with Gasteiger partial charge in [0.25, 0.3) is 5.91 Å². The zero-order valence-electron chi connectivity index (χ0n) is 13.3. The maximum absolute atomic E-state index is 11.9. The van der Waals surface area contributed by atoms with Crippen LogP contribution in [-0.4, -0.2) is 35.4 Å². The first-order valence-electron chi connectivity index (χ1n) is 7.45. The molecule has 0 saturated carbocycles. The van der Waals surface area contributed by atoms with Gasteiger partial charge in [-0.25, -0.2) is 9.97 Å². The number of nitrogens with zero attached hydrogens (tertiary/aromatic N) is 2. The van der Waals surface area contributed by atoms with E-state index in [9.17, 15) is 9.59 Å². The fourth-order valence-electron chi connectivity index (χ4n) is 2.20. The molecule has 0 bridgehead atoms. The summed E-state index contributed by atoms with van der Waals surface area (Å²) < 4.78 is 0. The van der Waals surface area contributed by atoms with Gasteiger partial charge in [0.15, 0.2) is 0 Å². The lowest BCUT2D eigenvalue weighted by Crippen LogP contribution is -2.28. The Kier molecular flexibility index (Phi) is 5.80. The summed E-state index contributed by atoms with van der Waals surface area (Å²) in [4.78, 5) is 32.1. The zero-order valence-corrected chi connectivity index (χ0v) is 13.3. The van der Waals surface area contributed by atoms with Crippen molar-refractivity contribution in [3.05, 3.63) is 59.2 Å². The lowest BCUT2D eigenvalue weighted by Gasteiger charge is -2.09. The van der Waals surface area contributed by atoms with Crippen LogP contribution < -0.4 is 10.6 Å². The second-order valence-corrected chi connectivity index (χ2v) is 5.12. The normalized spacial score (nSPS) is 10.2. The molecule has 1 aromatic heterocycles. The Morgan fingerprint density at radius 2 is 1.91 bits per heavy atom. The summed E-state index contributed by atoms with van der Waals surface area (Å²) in [5.41, 5.74) is 2.04. The van der Waals surface area contributed by atoms with Crippen LogP contribution >= 0.6 is 0 Å². The first-order chi connectivity index (χ1) is 11.1. The Bertz CT molecular complexity index is 686. The summed E-state index contributed by atoms with van der Waals surface area (Å²) in [5, 5.41) is 5.42. The van der Waals surface area contributed by atoms with E-state index in [1.54, 1.807) is 14.0 Å². The Labute approximate surface area is 135 Å². The van der Waals surface area contributed by atoms with Gasteiger partial charge in [0.05, 0.1) is 17.7 Å². The van der Waals surface area contributed by atoms with Gasteiger partial charge in [-0.3, -0.25) is 9.59 Å². The number of aryl methyl sites for hydroxylation is 1. The summed E-state index contributed by atoms with van der Waals surface area (Å²) >= 11 is 0. The van der Waals surface area contributed by atoms with Crippen LogP contribution in [0.5, 0.6) is 0 Å². The average Bonchev–Trinajstić information content (AvgIpc) is 2.55. The summed E-state index contributed by atoms with van der Waals surface area (Å²) in [7, 11) is 1.56. The van der Waals surface area contributed by atoms with Crippen LogP contribution in [0.25, 0.3) is 0 Å². The van der Waals surface area contributed by atoms with Gasteiger partial charge in [-0.2, -0.15) is 0 Å². The number of amides is 2. The number of hydrogen-bond donors (Lipinski definition) is 2. The molecule has 0 aliphatic rings. The molecule has 0 saturated heterocycles. The number of rotatable bonds is 6. The van der Waals surface area contributed by atoms with E-state index in [1.807, 2.05) is 30.3 Å². The number of aromatic nitrogens is 2. The molecule has 1 aromatic carbocycles. The number of carbonyl (C=O) groups is 2. The minimum absolute atomic E-state index is 0.0523. The van der Waals surface area contributed by atoms with E-state index in [0.717, 1.165) is 5.56 Å². The maximum Gasteiger partial charge on any atom is 0.254 e. The molecule has 0 radical (unpaired) electrons. The molecule has 2 amide bonds. The monoisotopic (exact) mass is 312 g/mol. The van der Waals surface area contributed by atoms with Gasteiger partial charge in [0.2, 0.25) is 5.91 Å². The number of carbonyl (C=O) groups excluding carboxylic acids is 2. The highest BCUT2D eigenvalue weighted by Gasteiger charge is 2.12. The third-order valence-corrected chi connectivity index (χ3v) is 3.35. The minimum atomic E-state index is -0.226. The van der Waals surface area contributed by atoms with Gasteiger partial charge in [0.1, 0.15) is 5.82 Å². The van der Waals surface area contributed by atoms with Crippen molar-refractivity contribution in [2.75, 3.05) is 13.6 Å². The molecule has 23 heavy (non-hydrogen) atoms. The van der Waals surface area contributed by atoms with Crippen LogP contribution in [0.4, 0.5) is 0 Å². The lowest BCUT2D eigenvalue weighted by molar-refractivity contribution is -0.120. The number of hydrogen-bond acceptors (Lipinski definition) is 4. The van der Waals surface area contributed by atoms with Crippen molar-refractivity contribution in [1.29, 1.82) is 0 Å². The Morgan fingerprint density at radius 1 is 1.17 bits per heavy atom. The number of nitrogens with one attached hydrogen (secondary N) is 2. The van der Waals surface area contributed by atoms with Crippen LogP contribution in [-0.2, 0) is 17.6 Å². The third kappa shape index (κ3) is 4.88. The minimum Gasteiger partial charge on any atom is -0.355 e. The Balaban J connectivity index is 1.92. The van der Waals surface area contributed by atoms with E-state index in [2.05, 4.69) is 20.6 Å². The van der Waals surface area contributed by atoms with Crippen molar-refractivity contribution < 1.29 is 9.59 Å². The highest BCUT2D eigenvalue weighted by molar-refractivity contribution is 5.94. The first-order valence-corrected chi connectivity index (χ1v) is 7.45. The zero-order chi connectivity index (χ0) is 16.7. The third-order valence-electron chi connectivity index (χ3n) is 3.35. The average molecular weight is 312 g/mol. The van der Waals surface area contributed by atoms with Gasteiger partial charge in [-0.15, -0.1) is 0 Å². The van der Waals surface area contributed by atoms with Gasteiger partial charge in [-0.1, -0.05) is 30.3 Å². The van der Waals surface area contributed by atoms with Crippen molar-refractivity contribution >= 4 is 11.8 Å². The van der Waals surface area contributed by atoms with Crippen molar-refractivity contribution in [3.8, 4) is 0 Å². The molecule has 2 aromatic rings.